The molecule has 0 spiro atoms. The Morgan fingerprint density at radius 3 is 2.35 bits per heavy atom. The highest BCUT2D eigenvalue weighted by Gasteiger charge is 2.34. The zero-order valence-corrected chi connectivity index (χ0v) is 13.1. The Kier molecular flexibility index (Phi) is 5.04. The van der Waals surface area contributed by atoms with Crippen LogP contribution in [0.15, 0.2) is 24.3 Å². The Morgan fingerprint density at radius 1 is 1.26 bits per heavy atom. The van der Waals surface area contributed by atoms with Crippen LogP contribution in [-0.4, -0.2) is 33.8 Å². The van der Waals surface area contributed by atoms with E-state index in [4.69, 9.17) is 5.21 Å². The van der Waals surface area contributed by atoms with Gasteiger partial charge in [0.05, 0.1) is 5.60 Å². The van der Waals surface area contributed by atoms with Crippen molar-refractivity contribution in [2.45, 2.75) is 38.3 Å². The summed E-state index contributed by atoms with van der Waals surface area (Å²) in [5.74, 6) is 5.26. The Balaban J connectivity index is 2.07. The average molecular weight is 316 g/mol. The van der Waals surface area contributed by atoms with Crippen LogP contribution in [0.1, 0.15) is 42.6 Å². The third-order valence-electron chi connectivity index (χ3n) is 3.50. The van der Waals surface area contributed by atoms with E-state index in [1.807, 2.05) is 0 Å². The molecule has 6 heteroatoms. The number of carbonyl (C=O) groups is 2. The van der Waals surface area contributed by atoms with Gasteiger partial charge < -0.3 is 10.4 Å². The lowest BCUT2D eigenvalue weighted by molar-refractivity contribution is -0.136. The maximum Gasteiger partial charge on any atom is 0.268 e. The van der Waals surface area contributed by atoms with Gasteiger partial charge in [-0.15, -0.1) is 0 Å². The molecule has 23 heavy (non-hydrogen) atoms. The molecule has 0 radical (unpaired) electrons. The molecule has 4 N–H and O–H groups in total. The molecule has 0 heterocycles. The van der Waals surface area contributed by atoms with Gasteiger partial charge in [-0.25, -0.2) is 5.48 Å². The van der Waals surface area contributed by atoms with Gasteiger partial charge in [-0.1, -0.05) is 11.8 Å². The zero-order valence-electron chi connectivity index (χ0n) is 13.1. The summed E-state index contributed by atoms with van der Waals surface area (Å²) in [6.07, 6.45) is 2.30. The number of aliphatic hydroxyl groups is 1. The lowest BCUT2D eigenvalue weighted by Crippen LogP contribution is -2.57. The average Bonchev–Trinajstić information content (AvgIpc) is 3.33. The first-order chi connectivity index (χ1) is 10.8. The Morgan fingerprint density at radius 2 is 1.87 bits per heavy atom. The molecule has 0 saturated heterocycles. The van der Waals surface area contributed by atoms with Gasteiger partial charge in [0.1, 0.15) is 6.04 Å². The summed E-state index contributed by atoms with van der Waals surface area (Å²) in [6.45, 7) is 2.73. The second-order valence-electron chi connectivity index (χ2n) is 6.16. The monoisotopic (exact) mass is 316 g/mol. The fraction of sp³-hybridized carbons (Fsp3) is 0.412. The van der Waals surface area contributed by atoms with E-state index in [9.17, 15) is 14.7 Å². The van der Waals surface area contributed by atoms with Crippen molar-refractivity contribution in [1.82, 2.24) is 10.8 Å². The molecule has 1 aromatic carbocycles. The minimum atomic E-state index is -1.53. The molecule has 1 aromatic rings. The largest absolute Gasteiger partial charge is 0.388 e. The normalized spacial score (nSPS) is 15.1. The number of carbonyl (C=O) groups excluding carboxylic acids is 2. The molecule has 0 aliphatic heterocycles. The van der Waals surface area contributed by atoms with Gasteiger partial charge in [-0.2, -0.15) is 0 Å². The molecular formula is C17H20N2O4. The van der Waals surface area contributed by atoms with Crippen LogP contribution in [0, 0.1) is 17.8 Å². The topological polar surface area (TPSA) is 98.7 Å². The lowest BCUT2D eigenvalue weighted by Gasteiger charge is -2.28. The van der Waals surface area contributed by atoms with E-state index in [-0.39, 0.29) is 0 Å². The van der Waals surface area contributed by atoms with Crippen molar-refractivity contribution in [3.8, 4) is 11.8 Å². The standard InChI is InChI=1S/C17H20N2O4/c1-17(2,22)14(16(21)19-23)18-15(20)13-9-7-12(8-10-13)6-5-11-3-4-11/h7-11,14,22-23H,3-4H2,1-2H3,(H,18,20)(H,19,21)/t14-/m1/s1. The number of nitrogens with one attached hydrogen (secondary N) is 2. The first-order valence-electron chi connectivity index (χ1n) is 7.40. The lowest BCUT2D eigenvalue weighted by atomic mass is 9.97. The molecule has 0 unspecified atom stereocenters. The zero-order chi connectivity index (χ0) is 17.0. The van der Waals surface area contributed by atoms with Crippen LogP contribution in [-0.2, 0) is 4.79 Å². The highest BCUT2D eigenvalue weighted by molar-refractivity contribution is 5.97. The number of rotatable bonds is 4. The van der Waals surface area contributed by atoms with Crippen LogP contribution in [0.5, 0.6) is 0 Å². The van der Waals surface area contributed by atoms with Gasteiger partial charge >= 0.3 is 0 Å². The molecule has 1 aliphatic rings. The predicted molar refractivity (Wildman–Crippen MR) is 83.5 cm³/mol. The third-order valence-corrected chi connectivity index (χ3v) is 3.50. The number of hydrogen-bond acceptors (Lipinski definition) is 4. The van der Waals surface area contributed by atoms with Crippen molar-refractivity contribution in [1.29, 1.82) is 0 Å². The number of hydroxylamine groups is 1. The van der Waals surface area contributed by atoms with E-state index >= 15 is 0 Å². The molecule has 1 saturated carbocycles. The SMILES string of the molecule is CC(C)(O)[C@H](NC(=O)c1ccc(C#CC2CC2)cc1)C(=O)NO. The van der Waals surface area contributed by atoms with E-state index in [0.29, 0.717) is 11.5 Å². The molecule has 1 fully saturated rings. The van der Waals surface area contributed by atoms with Crippen LogP contribution in [0.25, 0.3) is 0 Å². The van der Waals surface area contributed by atoms with Gasteiger partial charge in [0, 0.05) is 17.0 Å². The fourth-order valence-electron chi connectivity index (χ4n) is 1.96. The summed E-state index contributed by atoms with van der Waals surface area (Å²) in [5.41, 5.74) is 1.06. The van der Waals surface area contributed by atoms with Crippen LogP contribution in [0.4, 0.5) is 0 Å². The second-order valence-corrected chi connectivity index (χ2v) is 6.16. The molecule has 122 valence electrons. The maximum absolute atomic E-state index is 12.2. The van der Waals surface area contributed by atoms with Crippen molar-refractivity contribution in [3.05, 3.63) is 35.4 Å². The highest BCUT2D eigenvalue weighted by Crippen LogP contribution is 2.27. The minimum absolute atomic E-state index is 0.335. The highest BCUT2D eigenvalue weighted by atomic mass is 16.5. The maximum atomic E-state index is 12.2. The summed E-state index contributed by atoms with van der Waals surface area (Å²) in [4.78, 5) is 23.8. The summed E-state index contributed by atoms with van der Waals surface area (Å²) >= 11 is 0. The van der Waals surface area contributed by atoms with Gasteiger partial charge in [-0.3, -0.25) is 14.8 Å². The Labute approximate surface area is 134 Å². The van der Waals surface area contributed by atoms with E-state index in [2.05, 4.69) is 17.2 Å². The molecule has 2 amide bonds. The number of benzene rings is 1. The van der Waals surface area contributed by atoms with Crippen molar-refractivity contribution in [3.63, 3.8) is 0 Å². The Hall–Kier alpha value is -2.36. The summed E-state index contributed by atoms with van der Waals surface area (Å²) in [7, 11) is 0. The fourth-order valence-corrected chi connectivity index (χ4v) is 1.96. The van der Waals surface area contributed by atoms with Crippen LogP contribution < -0.4 is 10.8 Å². The van der Waals surface area contributed by atoms with E-state index in [0.717, 1.165) is 18.4 Å². The molecule has 2 rings (SSSR count). The van der Waals surface area contributed by atoms with Crippen LogP contribution in [0.2, 0.25) is 0 Å². The molecule has 0 aromatic heterocycles. The van der Waals surface area contributed by atoms with Gasteiger partial charge in [-0.05, 0) is 51.0 Å². The van der Waals surface area contributed by atoms with Crippen molar-refractivity contribution in [2.24, 2.45) is 5.92 Å². The van der Waals surface area contributed by atoms with E-state index < -0.39 is 23.5 Å². The quantitative estimate of drug-likeness (QED) is 0.375. The summed E-state index contributed by atoms with van der Waals surface area (Å²) < 4.78 is 0. The second kappa shape index (κ2) is 6.82. The minimum Gasteiger partial charge on any atom is -0.388 e. The summed E-state index contributed by atoms with van der Waals surface area (Å²) in [5, 5.41) is 21.1. The first kappa shape index (κ1) is 17.0. The molecular weight excluding hydrogens is 296 g/mol. The predicted octanol–water partition coefficient (Wildman–Crippen LogP) is 0.823. The van der Waals surface area contributed by atoms with E-state index in [1.54, 1.807) is 24.3 Å². The molecule has 6 nitrogen and oxygen atoms in total. The number of hydrogen-bond donors (Lipinski definition) is 4. The van der Waals surface area contributed by atoms with Crippen molar-refractivity contribution < 1.29 is 19.9 Å². The van der Waals surface area contributed by atoms with Gasteiger partial charge in [0.2, 0.25) is 0 Å². The van der Waals surface area contributed by atoms with Crippen molar-refractivity contribution in [2.75, 3.05) is 0 Å². The first-order valence-corrected chi connectivity index (χ1v) is 7.40. The van der Waals surface area contributed by atoms with E-state index in [1.165, 1.54) is 19.3 Å². The Bertz CT molecular complexity index is 646. The molecule has 1 atom stereocenters. The smallest absolute Gasteiger partial charge is 0.268 e. The van der Waals surface area contributed by atoms with Gasteiger partial charge in [0.15, 0.2) is 0 Å². The molecule has 1 aliphatic carbocycles. The summed E-state index contributed by atoms with van der Waals surface area (Å²) in [6, 6.07) is 5.38. The van der Waals surface area contributed by atoms with Crippen LogP contribution in [0.3, 0.4) is 0 Å². The van der Waals surface area contributed by atoms with Crippen molar-refractivity contribution >= 4 is 11.8 Å². The third kappa shape index (κ3) is 4.81. The van der Waals surface area contributed by atoms with Crippen LogP contribution >= 0.6 is 0 Å². The van der Waals surface area contributed by atoms with Gasteiger partial charge in [0.25, 0.3) is 11.8 Å². The molecule has 0 bridgehead atoms. The number of amides is 2.